The minimum atomic E-state index is -0.819. The molecule has 1 aliphatic rings. The van der Waals surface area contributed by atoms with E-state index in [1.54, 1.807) is 0 Å². The molecular formula is C14H19NO3. The first-order valence-corrected chi connectivity index (χ1v) is 6.31. The number of rotatable bonds is 6. The van der Waals surface area contributed by atoms with Gasteiger partial charge in [-0.05, 0) is 30.4 Å². The van der Waals surface area contributed by atoms with Gasteiger partial charge in [0.15, 0.2) is 0 Å². The molecule has 0 radical (unpaired) electrons. The maximum atomic E-state index is 10.7. The van der Waals surface area contributed by atoms with Crippen LogP contribution in [0, 0.1) is 0 Å². The summed E-state index contributed by atoms with van der Waals surface area (Å²) in [7, 11) is 0. The first-order chi connectivity index (χ1) is 8.59. The minimum absolute atomic E-state index is 0.0438. The Labute approximate surface area is 107 Å². The number of aliphatic carboxylic acids is 1. The predicted octanol–water partition coefficient (Wildman–Crippen LogP) is 1.32. The highest BCUT2D eigenvalue weighted by Crippen LogP contribution is 2.30. The lowest BCUT2D eigenvalue weighted by atomic mass is 9.80. The molecule has 0 atom stereocenters. The summed E-state index contributed by atoms with van der Waals surface area (Å²) in [5.74, 6) is -0.819. The number of hydrogen-bond donors (Lipinski definition) is 3. The minimum Gasteiger partial charge on any atom is -0.481 e. The maximum Gasteiger partial charge on any atom is 0.307 e. The van der Waals surface area contributed by atoms with Gasteiger partial charge >= 0.3 is 5.97 Å². The van der Waals surface area contributed by atoms with E-state index in [0.717, 1.165) is 30.4 Å². The molecule has 1 aliphatic carbocycles. The Bertz CT molecular complexity index is 427. The summed E-state index contributed by atoms with van der Waals surface area (Å²) < 4.78 is 0. The van der Waals surface area contributed by atoms with Crippen LogP contribution in [-0.2, 0) is 17.8 Å². The molecule has 0 amide bonds. The van der Waals surface area contributed by atoms with Gasteiger partial charge in [-0.25, -0.2) is 0 Å². The van der Waals surface area contributed by atoms with Gasteiger partial charge in [-0.1, -0.05) is 24.3 Å². The van der Waals surface area contributed by atoms with E-state index in [4.69, 9.17) is 5.11 Å². The summed E-state index contributed by atoms with van der Waals surface area (Å²) in [6, 6.07) is 7.51. The van der Waals surface area contributed by atoms with Crippen LogP contribution in [-0.4, -0.2) is 28.3 Å². The fourth-order valence-corrected chi connectivity index (χ4v) is 2.26. The van der Waals surface area contributed by atoms with Crippen molar-refractivity contribution in [2.24, 2.45) is 0 Å². The lowest BCUT2D eigenvalue weighted by molar-refractivity contribution is -0.136. The molecule has 0 spiro atoms. The highest BCUT2D eigenvalue weighted by molar-refractivity contribution is 5.70. The van der Waals surface area contributed by atoms with Crippen molar-refractivity contribution >= 4 is 5.97 Å². The van der Waals surface area contributed by atoms with Crippen molar-refractivity contribution < 1.29 is 15.0 Å². The number of hydrogen-bond acceptors (Lipinski definition) is 3. The van der Waals surface area contributed by atoms with E-state index in [1.807, 2.05) is 24.3 Å². The number of carbonyl (C=O) groups is 1. The number of carboxylic acid groups (broad SMARTS) is 1. The molecule has 0 unspecified atom stereocenters. The Hall–Kier alpha value is -1.39. The molecule has 18 heavy (non-hydrogen) atoms. The van der Waals surface area contributed by atoms with Gasteiger partial charge in [0.25, 0.3) is 0 Å². The fourth-order valence-electron chi connectivity index (χ4n) is 2.26. The van der Waals surface area contributed by atoms with Crippen molar-refractivity contribution in [3.05, 3.63) is 35.4 Å². The van der Waals surface area contributed by atoms with Gasteiger partial charge in [0.1, 0.15) is 0 Å². The number of benzene rings is 1. The van der Waals surface area contributed by atoms with E-state index in [-0.39, 0.29) is 6.42 Å². The highest BCUT2D eigenvalue weighted by atomic mass is 16.4. The second-order valence-electron chi connectivity index (χ2n) is 5.02. The molecule has 4 nitrogen and oxygen atoms in total. The van der Waals surface area contributed by atoms with Crippen molar-refractivity contribution in [2.75, 3.05) is 6.54 Å². The van der Waals surface area contributed by atoms with Crippen LogP contribution in [0.5, 0.6) is 0 Å². The quantitative estimate of drug-likeness (QED) is 0.711. The van der Waals surface area contributed by atoms with Crippen LogP contribution in [0.15, 0.2) is 24.3 Å². The van der Waals surface area contributed by atoms with Crippen molar-refractivity contribution in [1.29, 1.82) is 0 Å². The molecule has 98 valence electrons. The van der Waals surface area contributed by atoms with Crippen LogP contribution >= 0.6 is 0 Å². The zero-order chi connectivity index (χ0) is 13.0. The Balaban J connectivity index is 1.89. The van der Waals surface area contributed by atoms with Crippen LogP contribution in [0.4, 0.5) is 0 Å². The Morgan fingerprint density at radius 2 is 1.94 bits per heavy atom. The van der Waals surface area contributed by atoms with E-state index in [1.165, 1.54) is 0 Å². The fraction of sp³-hybridized carbons (Fsp3) is 0.500. The van der Waals surface area contributed by atoms with Gasteiger partial charge in [0.2, 0.25) is 0 Å². The van der Waals surface area contributed by atoms with Crippen LogP contribution in [0.3, 0.4) is 0 Å². The number of aliphatic hydroxyl groups is 1. The second kappa shape index (κ2) is 5.50. The molecule has 0 heterocycles. The molecule has 1 fully saturated rings. The Morgan fingerprint density at radius 3 is 2.50 bits per heavy atom. The monoisotopic (exact) mass is 249 g/mol. The third-order valence-electron chi connectivity index (χ3n) is 3.51. The van der Waals surface area contributed by atoms with Crippen LogP contribution in [0.1, 0.15) is 30.4 Å². The van der Waals surface area contributed by atoms with E-state index in [0.29, 0.717) is 13.1 Å². The van der Waals surface area contributed by atoms with Crippen molar-refractivity contribution in [3.63, 3.8) is 0 Å². The molecule has 0 bridgehead atoms. The molecule has 4 heteroatoms. The van der Waals surface area contributed by atoms with Crippen molar-refractivity contribution in [1.82, 2.24) is 5.32 Å². The second-order valence-corrected chi connectivity index (χ2v) is 5.02. The van der Waals surface area contributed by atoms with E-state index >= 15 is 0 Å². The summed E-state index contributed by atoms with van der Waals surface area (Å²) in [6.07, 6.45) is 2.85. The molecular weight excluding hydrogens is 230 g/mol. The van der Waals surface area contributed by atoms with E-state index < -0.39 is 11.6 Å². The normalized spacial score (nSPS) is 17.2. The summed E-state index contributed by atoms with van der Waals surface area (Å²) in [5, 5.41) is 22.0. The first-order valence-electron chi connectivity index (χ1n) is 6.31. The topological polar surface area (TPSA) is 69.6 Å². The number of nitrogens with one attached hydrogen (secondary N) is 1. The van der Waals surface area contributed by atoms with Crippen molar-refractivity contribution in [2.45, 2.75) is 37.8 Å². The van der Waals surface area contributed by atoms with Gasteiger partial charge in [0.05, 0.1) is 12.0 Å². The third kappa shape index (κ3) is 3.31. The SMILES string of the molecule is O=C(O)Cc1ccccc1CNCC1(O)CCC1. The predicted molar refractivity (Wildman–Crippen MR) is 68.3 cm³/mol. The Morgan fingerprint density at radius 1 is 1.28 bits per heavy atom. The molecule has 1 aromatic rings. The molecule has 1 aromatic carbocycles. The molecule has 2 rings (SSSR count). The summed E-state index contributed by atoms with van der Waals surface area (Å²) in [4.78, 5) is 10.7. The van der Waals surface area contributed by atoms with Crippen LogP contribution in [0.2, 0.25) is 0 Å². The highest BCUT2D eigenvalue weighted by Gasteiger charge is 2.33. The maximum absolute atomic E-state index is 10.7. The average molecular weight is 249 g/mol. The van der Waals surface area contributed by atoms with Gasteiger partial charge in [0, 0.05) is 13.1 Å². The lowest BCUT2D eigenvalue weighted by Gasteiger charge is -2.36. The zero-order valence-corrected chi connectivity index (χ0v) is 10.4. The van der Waals surface area contributed by atoms with Gasteiger partial charge in [-0.2, -0.15) is 0 Å². The zero-order valence-electron chi connectivity index (χ0n) is 10.4. The first kappa shape index (κ1) is 13.1. The molecule has 1 saturated carbocycles. The van der Waals surface area contributed by atoms with E-state index in [9.17, 15) is 9.90 Å². The molecule has 0 saturated heterocycles. The molecule has 0 aromatic heterocycles. The van der Waals surface area contributed by atoms with Gasteiger partial charge in [-0.15, -0.1) is 0 Å². The van der Waals surface area contributed by atoms with Crippen LogP contribution in [0.25, 0.3) is 0 Å². The lowest BCUT2D eigenvalue weighted by Crippen LogP contribution is -2.46. The molecule has 0 aliphatic heterocycles. The molecule has 3 N–H and O–H groups in total. The third-order valence-corrected chi connectivity index (χ3v) is 3.51. The van der Waals surface area contributed by atoms with E-state index in [2.05, 4.69) is 5.32 Å². The summed E-state index contributed by atoms with van der Waals surface area (Å²) in [6.45, 7) is 1.18. The summed E-state index contributed by atoms with van der Waals surface area (Å²) >= 11 is 0. The largest absolute Gasteiger partial charge is 0.481 e. The van der Waals surface area contributed by atoms with Gasteiger partial charge in [-0.3, -0.25) is 4.79 Å². The smallest absolute Gasteiger partial charge is 0.307 e. The average Bonchev–Trinajstić information content (AvgIpc) is 2.28. The van der Waals surface area contributed by atoms with Gasteiger partial charge < -0.3 is 15.5 Å². The van der Waals surface area contributed by atoms with Crippen molar-refractivity contribution in [3.8, 4) is 0 Å². The standard InChI is InChI=1S/C14H19NO3/c16-13(17)8-11-4-1-2-5-12(11)9-15-10-14(18)6-3-7-14/h1-2,4-5,15,18H,3,6-10H2,(H,16,17). The Kier molecular flexibility index (Phi) is 3.99. The number of carboxylic acids is 1. The van der Waals surface area contributed by atoms with Crippen LogP contribution < -0.4 is 5.32 Å². The summed E-state index contributed by atoms with van der Waals surface area (Å²) in [5.41, 5.74) is 1.28.